The molecule has 4 rings (SSSR count). The van der Waals surface area contributed by atoms with Crippen LogP contribution in [0.5, 0.6) is 0 Å². The van der Waals surface area contributed by atoms with Crippen LogP contribution in [0.3, 0.4) is 0 Å². The fourth-order valence-corrected chi connectivity index (χ4v) is 2.49. The minimum Gasteiger partial charge on any atom is -0.346 e. The normalized spacial score (nSPS) is 13.6. The van der Waals surface area contributed by atoms with Crippen molar-refractivity contribution in [2.24, 2.45) is 0 Å². The van der Waals surface area contributed by atoms with Crippen LogP contribution in [0.2, 0.25) is 0 Å². The summed E-state index contributed by atoms with van der Waals surface area (Å²) < 4.78 is 0. The van der Waals surface area contributed by atoms with Gasteiger partial charge in [-0.2, -0.15) is 0 Å². The van der Waals surface area contributed by atoms with Crippen LogP contribution in [0.4, 0.5) is 5.69 Å². The SMILES string of the molecule is O=C1Cc2ccc(-c3cnc4[nH]ccc4c3)cc2N1. The van der Waals surface area contributed by atoms with Crippen molar-refractivity contribution in [3.05, 3.63) is 48.3 Å². The van der Waals surface area contributed by atoms with E-state index in [-0.39, 0.29) is 5.91 Å². The molecule has 2 aromatic heterocycles. The van der Waals surface area contributed by atoms with Crippen molar-refractivity contribution < 1.29 is 4.79 Å². The topological polar surface area (TPSA) is 57.8 Å². The molecule has 0 saturated carbocycles. The molecular weight excluding hydrogens is 238 g/mol. The standard InChI is InChI=1S/C15H11N3O/c19-14-7-10-2-1-9(6-13(10)18-14)12-5-11-3-4-16-15(11)17-8-12/h1-6,8H,7H2,(H,16,17)(H,18,19). The van der Waals surface area contributed by atoms with Gasteiger partial charge in [-0.15, -0.1) is 0 Å². The maximum Gasteiger partial charge on any atom is 0.228 e. The van der Waals surface area contributed by atoms with Crippen molar-refractivity contribution in [2.45, 2.75) is 6.42 Å². The second-order valence-corrected chi connectivity index (χ2v) is 4.74. The molecule has 0 unspecified atom stereocenters. The van der Waals surface area contributed by atoms with Crippen LogP contribution < -0.4 is 5.32 Å². The molecule has 1 aromatic carbocycles. The van der Waals surface area contributed by atoms with Crippen molar-refractivity contribution >= 4 is 22.6 Å². The number of benzene rings is 1. The molecule has 3 aromatic rings. The lowest BCUT2D eigenvalue weighted by Crippen LogP contribution is -2.03. The van der Waals surface area contributed by atoms with Crippen LogP contribution in [0, 0.1) is 0 Å². The number of carbonyl (C=O) groups is 1. The van der Waals surface area contributed by atoms with E-state index in [1.54, 1.807) is 0 Å². The van der Waals surface area contributed by atoms with E-state index in [1.807, 2.05) is 36.7 Å². The number of carbonyl (C=O) groups excluding carboxylic acids is 1. The molecule has 19 heavy (non-hydrogen) atoms. The first-order valence-corrected chi connectivity index (χ1v) is 6.16. The van der Waals surface area contributed by atoms with Crippen molar-refractivity contribution in [3.8, 4) is 11.1 Å². The summed E-state index contributed by atoms with van der Waals surface area (Å²) in [6.45, 7) is 0. The summed E-state index contributed by atoms with van der Waals surface area (Å²) in [5.41, 5.74) is 4.98. The third-order valence-corrected chi connectivity index (χ3v) is 3.47. The van der Waals surface area contributed by atoms with E-state index in [1.165, 1.54) is 0 Å². The number of H-pyrrole nitrogens is 1. The average Bonchev–Trinajstić information content (AvgIpc) is 3.01. The van der Waals surface area contributed by atoms with Gasteiger partial charge in [0.25, 0.3) is 0 Å². The molecule has 3 heterocycles. The third-order valence-electron chi connectivity index (χ3n) is 3.47. The second-order valence-electron chi connectivity index (χ2n) is 4.74. The summed E-state index contributed by atoms with van der Waals surface area (Å²) in [6, 6.07) is 10.1. The number of hydrogen-bond donors (Lipinski definition) is 2. The first-order chi connectivity index (χ1) is 9.29. The van der Waals surface area contributed by atoms with E-state index >= 15 is 0 Å². The number of anilines is 1. The van der Waals surface area contributed by atoms with Gasteiger partial charge >= 0.3 is 0 Å². The summed E-state index contributed by atoms with van der Waals surface area (Å²) in [5.74, 6) is 0.0614. The lowest BCUT2D eigenvalue weighted by molar-refractivity contribution is -0.115. The number of amides is 1. The maximum atomic E-state index is 11.4. The number of nitrogens with zero attached hydrogens (tertiary/aromatic N) is 1. The van der Waals surface area contributed by atoms with Gasteiger partial charge in [0.05, 0.1) is 6.42 Å². The highest BCUT2D eigenvalue weighted by Gasteiger charge is 2.17. The van der Waals surface area contributed by atoms with E-state index in [9.17, 15) is 4.79 Å². The molecule has 0 spiro atoms. The van der Waals surface area contributed by atoms with Crippen LogP contribution in [0.1, 0.15) is 5.56 Å². The minimum absolute atomic E-state index is 0.0614. The van der Waals surface area contributed by atoms with Gasteiger partial charge < -0.3 is 10.3 Å². The van der Waals surface area contributed by atoms with E-state index in [4.69, 9.17) is 0 Å². The van der Waals surface area contributed by atoms with Gasteiger partial charge in [0.15, 0.2) is 0 Å². The Bertz CT molecular complexity index is 804. The van der Waals surface area contributed by atoms with Gasteiger partial charge in [-0.1, -0.05) is 12.1 Å². The van der Waals surface area contributed by atoms with Gasteiger partial charge in [0.2, 0.25) is 5.91 Å². The van der Waals surface area contributed by atoms with E-state index in [0.717, 1.165) is 33.4 Å². The molecule has 92 valence electrons. The van der Waals surface area contributed by atoms with Crippen LogP contribution in [0.25, 0.3) is 22.2 Å². The zero-order valence-electron chi connectivity index (χ0n) is 10.1. The van der Waals surface area contributed by atoms with Gasteiger partial charge in [-0.3, -0.25) is 4.79 Å². The summed E-state index contributed by atoms with van der Waals surface area (Å²) in [6.07, 6.45) is 4.20. The Balaban J connectivity index is 1.83. The van der Waals surface area contributed by atoms with Crippen molar-refractivity contribution in [1.82, 2.24) is 9.97 Å². The fraction of sp³-hybridized carbons (Fsp3) is 0.0667. The number of aromatic nitrogens is 2. The lowest BCUT2D eigenvalue weighted by atomic mass is 10.0. The van der Waals surface area contributed by atoms with Crippen LogP contribution >= 0.6 is 0 Å². The Labute approximate surface area is 109 Å². The van der Waals surface area contributed by atoms with Crippen molar-refractivity contribution in [3.63, 3.8) is 0 Å². The largest absolute Gasteiger partial charge is 0.346 e. The minimum atomic E-state index is 0.0614. The molecule has 1 aliphatic rings. The molecule has 0 radical (unpaired) electrons. The van der Waals surface area contributed by atoms with Gasteiger partial charge in [-0.25, -0.2) is 4.98 Å². The Hall–Kier alpha value is -2.62. The van der Waals surface area contributed by atoms with E-state index < -0.39 is 0 Å². The van der Waals surface area contributed by atoms with E-state index in [0.29, 0.717) is 6.42 Å². The molecule has 0 fully saturated rings. The lowest BCUT2D eigenvalue weighted by Gasteiger charge is -2.04. The molecule has 1 amide bonds. The number of pyridine rings is 1. The Morgan fingerprint density at radius 2 is 2.05 bits per heavy atom. The number of aromatic amines is 1. The number of nitrogens with one attached hydrogen (secondary N) is 2. The van der Waals surface area contributed by atoms with Gasteiger partial charge in [0.1, 0.15) is 5.65 Å². The predicted molar refractivity (Wildman–Crippen MR) is 73.9 cm³/mol. The summed E-state index contributed by atoms with van der Waals surface area (Å²) in [7, 11) is 0. The van der Waals surface area contributed by atoms with Crippen LogP contribution in [-0.2, 0) is 11.2 Å². The molecule has 0 saturated heterocycles. The van der Waals surface area contributed by atoms with E-state index in [2.05, 4.69) is 21.4 Å². The second kappa shape index (κ2) is 3.68. The number of hydrogen-bond acceptors (Lipinski definition) is 2. The highest BCUT2D eigenvalue weighted by atomic mass is 16.1. The summed E-state index contributed by atoms with van der Waals surface area (Å²) in [4.78, 5) is 18.8. The molecule has 0 aliphatic carbocycles. The highest BCUT2D eigenvalue weighted by Crippen LogP contribution is 2.30. The third kappa shape index (κ3) is 1.61. The van der Waals surface area contributed by atoms with Crippen LogP contribution in [-0.4, -0.2) is 15.9 Å². The first kappa shape index (κ1) is 10.3. The number of rotatable bonds is 1. The monoisotopic (exact) mass is 249 g/mol. The smallest absolute Gasteiger partial charge is 0.228 e. The summed E-state index contributed by atoms with van der Waals surface area (Å²) in [5, 5.41) is 3.96. The Kier molecular flexibility index (Phi) is 2.00. The fourth-order valence-electron chi connectivity index (χ4n) is 2.49. The average molecular weight is 249 g/mol. The van der Waals surface area contributed by atoms with Crippen LogP contribution in [0.15, 0.2) is 42.7 Å². The summed E-state index contributed by atoms with van der Waals surface area (Å²) >= 11 is 0. The Morgan fingerprint density at radius 1 is 1.11 bits per heavy atom. The highest BCUT2D eigenvalue weighted by molar-refractivity contribution is 6.00. The quantitative estimate of drug-likeness (QED) is 0.696. The maximum absolute atomic E-state index is 11.4. The molecule has 4 nitrogen and oxygen atoms in total. The van der Waals surface area contributed by atoms with Gasteiger partial charge in [-0.05, 0) is 29.3 Å². The zero-order valence-corrected chi connectivity index (χ0v) is 10.1. The predicted octanol–water partition coefficient (Wildman–Crippen LogP) is 2.72. The zero-order chi connectivity index (χ0) is 12.8. The molecule has 4 heteroatoms. The number of fused-ring (bicyclic) bond motifs is 2. The molecule has 0 bridgehead atoms. The van der Waals surface area contributed by atoms with Gasteiger partial charge in [0, 0.05) is 29.0 Å². The molecule has 1 aliphatic heterocycles. The van der Waals surface area contributed by atoms with Crippen molar-refractivity contribution in [1.29, 1.82) is 0 Å². The first-order valence-electron chi connectivity index (χ1n) is 6.16. The molecule has 0 atom stereocenters. The molecule has 2 N–H and O–H groups in total. The van der Waals surface area contributed by atoms with Crippen molar-refractivity contribution in [2.75, 3.05) is 5.32 Å². The molecular formula is C15H11N3O. The Morgan fingerprint density at radius 3 is 3.00 bits per heavy atom.